The summed E-state index contributed by atoms with van der Waals surface area (Å²) in [5.41, 5.74) is 1.53. The van der Waals surface area contributed by atoms with Crippen LogP contribution in [0.25, 0.3) is 0 Å². The summed E-state index contributed by atoms with van der Waals surface area (Å²) in [5.74, 6) is 2.49. The Kier molecular flexibility index (Phi) is 4.79. The van der Waals surface area contributed by atoms with E-state index < -0.39 is 17.5 Å². The second kappa shape index (κ2) is 6.76. The summed E-state index contributed by atoms with van der Waals surface area (Å²) in [7, 11) is 0. The molecule has 0 unspecified atom stereocenters. The summed E-state index contributed by atoms with van der Waals surface area (Å²) in [6, 6.07) is 6.57. The highest BCUT2D eigenvalue weighted by molar-refractivity contribution is 7.15. The van der Waals surface area contributed by atoms with Crippen LogP contribution < -0.4 is 10.6 Å². The van der Waals surface area contributed by atoms with Crippen molar-refractivity contribution >= 4 is 22.5 Å². The normalized spacial score (nSPS) is 10.2. The fourth-order valence-electron chi connectivity index (χ4n) is 1.47. The first-order chi connectivity index (χ1) is 10.1. The van der Waals surface area contributed by atoms with E-state index in [2.05, 4.69) is 26.8 Å². The number of alkyl halides is 2. The highest BCUT2D eigenvalue weighted by Crippen LogP contribution is 2.24. The molecule has 0 aliphatic heterocycles. The number of hydrogen-bond acceptors (Lipinski definition) is 4. The van der Waals surface area contributed by atoms with Gasteiger partial charge in [0.15, 0.2) is 5.01 Å². The largest absolute Gasteiger partial charge is 0.334 e. The van der Waals surface area contributed by atoms with Gasteiger partial charge in [0.25, 0.3) is 6.43 Å². The van der Waals surface area contributed by atoms with Crippen molar-refractivity contribution in [1.82, 2.24) is 15.5 Å². The van der Waals surface area contributed by atoms with Gasteiger partial charge >= 0.3 is 6.03 Å². The van der Waals surface area contributed by atoms with Crippen molar-refractivity contribution in [3.8, 4) is 12.3 Å². The third kappa shape index (κ3) is 4.22. The first-order valence-electron chi connectivity index (χ1n) is 5.80. The molecule has 0 saturated heterocycles. The molecular formula is C13H10F2N4OS. The number of terminal acetylenes is 1. The average Bonchev–Trinajstić information content (AvgIpc) is 2.94. The second-order valence-electron chi connectivity index (χ2n) is 3.90. The molecule has 8 heteroatoms. The zero-order chi connectivity index (χ0) is 15.2. The molecule has 0 bridgehead atoms. The van der Waals surface area contributed by atoms with Crippen molar-refractivity contribution in [3.05, 3.63) is 40.4 Å². The first-order valence-corrected chi connectivity index (χ1v) is 6.62. The van der Waals surface area contributed by atoms with Gasteiger partial charge in [0.1, 0.15) is 0 Å². The van der Waals surface area contributed by atoms with Crippen LogP contribution in [0.2, 0.25) is 0 Å². The molecule has 21 heavy (non-hydrogen) atoms. The molecule has 0 fully saturated rings. The van der Waals surface area contributed by atoms with Crippen LogP contribution in [0.3, 0.4) is 0 Å². The number of urea groups is 1. The SMILES string of the molecule is C#Cc1cccc(CNC(=O)Nc2nnc(C(F)F)s2)c1. The minimum absolute atomic E-state index is 0.0141. The molecule has 0 saturated carbocycles. The zero-order valence-corrected chi connectivity index (χ0v) is 11.5. The molecule has 0 spiro atoms. The summed E-state index contributed by atoms with van der Waals surface area (Å²) in [5, 5.41) is 11.2. The standard InChI is InChI=1S/C13H10F2N4OS/c1-2-8-4-3-5-9(6-8)7-16-12(20)17-13-19-18-11(21-13)10(14)15/h1,3-6,10H,7H2,(H2,16,17,19,20). The van der Waals surface area contributed by atoms with Crippen LogP contribution in [0.5, 0.6) is 0 Å². The lowest BCUT2D eigenvalue weighted by Crippen LogP contribution is -2.28. The number of hydrogen-bond donors (Lipinski definition) is 2. The van der Waals surface area contributed by atoms with Gasteiger partial charge in [0.05, 0.1) is 0 Å². The van der Waals surface area contributed by atoms with Crippen molar-refractivity contribution < 1.29 is 13.6 Å². The maximum absolute atomic E-state index is 12.3. The van der Waals surface area contributed by atoms with Crippen molar-refractivity contribution in [1.29, 1.82) is 0 Å². The minimum Gasteiger partial charge on any atom is -0.334 e. The van der Waals surface area contributed by atoms with Crippen LogP contribution in [0.15, 0.2) is 24.3 Å². The summed E-state index contributed by atoms with van der Waals surface area (Å²) >= 11 is 0.626. The van der Waals surface area contributed by atoms with E-state index in [9.17, 15) is 13.6 Å². The Morgan fingerprint density at radius 2 is 2.24 bits per heavy atom. The van der Waals surface area contributed by atoms with Gasteiger partial charge in [-0.2, -0.15) is 0 Å². The molecule has 0 aliphatic rings. The molecule has 1 heterocycles. The van der Waals surface area contributed by atoms with Crippen LogP contribution in [0.1, 0.15) is 22.6 Å². The number of carbonyl (C=O) groups is 1. The Morgan fingerprint density at radius 1 is 1.43 bits per heavy atom. The smallest absolute Gasteiger partial charge is 0.321 e. The second-order valence-corrected chi connectivity index (χ2v) is 4.91. The topological polar surface area (TPSA) is 66.9 Å². The minimum atomic E-state index is -2.70. The molecule has 1 aromatic carbocycles. The van der Waals surface area contributed by atoms with Gasteiger partial charge in [0, 0.05) is 12.1 Å². The molecule has 108 valence electrons. The number of halogens is 2. The van der Waals surface area contributed by atoms with E-state index in [0.717, 1.165) is 5.56 Å². The lowest BCUT2D eigenvalue weighted by molar-refractivity contribution is 0.150. The molecule has 5 nitrogen and oxygen atoms in total. The van der Waals surface area contributed by atoms with Gasteiger partial charge < -0.3 is 5.32 Å². The van der Waals surface area contributed by atoms with E-state index in [0.29, 0.717) is 16.9 Å². The maximum Gasteiger partial charge on any atom is 0.321 e. The van der Waals surface area contributed by atoms with Crippen LogP contribution in [-0.4, -0.2) is 16.2 Å². The van der Waals surface area contributed by atoms with Crippen molar-refractivity contribution in [2.75, 3.05) is 5.32 Å². The molecule has 1 aromatic heterocycles. The number of rotatable bonds is 4. The third-order valence-corrected chi connectivity index (χ3v) is 3.24. The number of carbonyl (C=O) groups excluding carboxylic acids is 1. The summed E-state index contributed by atoms with van der Waals surface area (Å²) in [4.78, 5) is 11.6. The molecule has 0 atom stereocenters. The van der Waals surface area contributed by atoms with Crippen molar-refractivity contribution in [2.45, 2.75) is 13.0 Å². The van der Waals surface area contributed by atoms with E-state index in [1.54, 1.807) is 24.3 Å². The molecule has 0 radical (unpaired) electrons. The van der Waals surface area contributed by atoms with E-state index in [1.165, 1.54) is 0 Å². The molecule has 2 aromatic rings. The number of benzene rings is 1. The van der Waals surface area contributed by atoms with Gasteiger partial charge in [-0.05, 0) is 17.7 Å². The predicted octanol–water partition coefficient (Wildman–Crippen LogP) is 2.78. The predicted molar refractivity (Wildman–Crippen MR) is 75.1 cm³/mol. The highest BCUT2D eigenvalue weighted by Gasteiger charge is 2.15. The number of aromatic nitrogens is 2. The molecule has 2 amide bonds. The number of amides is 2. The fourth-order valence-corrected chi connectivity index (χ4v) is 2.06. The highest BCUT2D eigenvalue weighted by atomic mass is 32.1. The Morgan fingerprint density at radius 3 is 2.90 bits per heavy atom. The molecule has 2 rings (SSSR count). The van der Waals surface area contributed by atoms with Crippen LogP contribution in [0.4, 0.5) is 18.7 Å². The fraction of sp³-hybridized carbons (Fsp3) is 0.154. The summed E-state index contributed by atoms with van der Waals surface area (Å²) in [6.45, 7) is 0.252. The number of nitrogens with one attached hydrogen (secondary N) is 2. The number of nitrogens with zero attached hydrogens (tertiary/aromatic N) is 2. The van der Waals surface area contributed by atoms with E-state index in [1.807, 2.05) is 0 Å². The average molecular weight is 308 g/mol. The van der Waals surface area contributed by atoms with Gasteiger partial charge in [-0.1, -0.05) is 29.4 Å². The Hall–Kier alpha value is -2.53. The Balaban J connectivity index is 1.88. The summed E-state index contributed by atoms with van der Waals surface area (Å²) < 4.78 is 24.6. The zero-order valence-electron chi connectivity index (χ0n) is 10.6. The monoisotopic (exact) mass is 308 g/mol. The molecule has 2 N–H and O–H groups in total. The lowest BCUT2D eigenvalue weighted by Gasteiger charge is -2.05. The van der Waals surface area contributed by atoms with Gasteiger partial charge in [-0.3, -0.25) is 5.32 Å². The Labute approximate surface area is 123 Å². The first kappa shape index (κ1) is 14.9. The van der Waals surface area contributed by atoms with Crippen LogP contribution in [-0.2, 0) is 6.54 Å². The van der Waals surface area contributed by atoms with E-state index in [-0.39, 0.29) is 11.7 Å². The summed E-state index contributed by atoms with van der Waals surface area (Å²) in [6.07, 6.45) is 2.58. The number of anilines is 1. The van der Waals surface area contributed by atoms with Crippen LogP contribution >= 0.6 is 11.3 Å². The van der Waals surface area contributed by atoms with Crippen molar-refractivity contribution in [2.24, 2.45) is 0 Å². The van der Waals surface area contributed by atoms with E-state index in [4.69, 9.17) is 6.42 Å². The van der Waals surface area contributed by atoms with Gasteiger partial charge in [-0.15, -0.1) is 16.6 Å². The lowest BCUT2D eigenvalue weighted by atomic mass is 10.1. The quantitative estimate of drug-likeness (QED) is 0.854. The van der Waals surface area contributed by atoms with E-state index >= 15 is 0 Å². The third-order valence-electron chi connectivity index (χ3n) is 2.39. The molecular weight excluding hydrogens is 298 g/mol. The molecule has 0 aliphatic carbocycles. The van der Waals surface area contributed by atoms with Gasteiger partial charge in [0.2, 0.25) is 5.13 Å². The van der Waals surface area contributed by atoms with Crippen LogP contribution in [0, 0.1) is 12.3 Å². The maximum atomic E-state index is 12.3. The Bertz CT molecular complexity index is 681. The van der Waals surface area contributed by atoms with Crippen molar-refractivity contribution in [3.63, 3.8) is 0 Å². The van der Waals surface area contributed by atoms with Gasteiger partial charge in [-0.25, -0.2) is 13.6 Å².